The van der Waals surface area contributed by atoms with Gasteiger partial charge in [0.1, 0.15) is 0 Å². The van der Waals surface area contributed by atoms with Crippen LogP contribution in [0.1, 0.15) is 58.4 Å². The van der Waals surface area contributed by atoms with Gasteiger partial charge in [0.25, 0.3) is 0 Å². The summed E-state index contributed by atoms with van der Waals surface area (Å²) in [6, 6.07) is 7.87. The quantitative estimate of drug-likeness (QED) is 0.650. The summed E-state index contributed by atoms with van der Waals surface area (Å²) >= 11 is 5.98. The topological polar surface area (TPSA) is 35.6 Å². The molecular formula is C25H40ClN3O. The number of hydrogen-bond acceptors (Lipinski definition) is 3. The average molecular weight is 434 g/mol. The fourth-order valence-electron chi connectivity index (χ4n) is 5.18. The lowest BCUT2D eigenvalue weighted by atomic mass is 9.79. The van der Waals surface area contributed by atoms with Crippen molar-refractivity contribution in [2.45, 2.75) is 64.8 Å². The Morgan fingerprint density at radius 3 is 2.27 bits per heavy atom. The molecule has 0 bridgehead atoms. The molecule has 168 valence electrons. The van der Waals surface area contributed by atoms with Crippen LogP contribution < -0.4 is 5.32 Å². The normalized spacial score (nSPS) is 21.0. The second-order valence-electron chi connectivity index (χ2n) is 9.85. The molecule has 1 aromatic carbocycles. The third kappa shape index (κ3) is 6.21. The van der Waals surface area contributed by atoms with Crippen molar-refractivity contribution in [1.82, 2.24) is 15.1 Å². The largest absolute Gasteiger partial charge is 0.340 e. The summed E-state index contributed by atoms with van der Waals surface area (Å²) < 4.78 is 0. The van der Waals surface area contributed by atoms with Gasteiger partial charge in [-0.1, -0.05) is 63.8 Å². The maximum Gasteiger partial charge on any atom is 0.225 e. The SMILES string of the molecule is CC(C)CNCC1(N2CCN(C(=O)C(C)Cc3ccc(Cl)cc3)CC2)CCCCC1. The van der Waals surface area contributed by atoms with E-state index >= 15 is 0 Å². The van der Waals surface area contributed by atoms with Gasteiger partial charge in [-0.05, 0) is 49.4 Å². The van der Waals surface area contributed by atoms with Gasteiger partial charge in [-0.2, -0.15) is 0 Å². The van der Waals surface area contributed by atoms with Crippen molar-refractivity contribution in [3.63, 3.8) is 0 Å². The number of amides is 1. The van der Waals surface area contributed by atoms with Crippen molar-refractivity contribution in [1.29, 1.82) is 0 Å². The van der Waals surface area contributed by atoms with Crippen LogP contribution in [0.15, 0.2) is 24.3 Å². The molecule has 0 spiro atoms. The van der Waals surface area contributed by atoms with Crippen molar-refractivity contribution in [3.05, 3.63) is 34.9 Å². The van der Waals surface area contributed by atoms with E-state index in [4.69, 9.17) is 11.6 Å². The number of carbonyl (C=O) groups excluding carboxylic acids is 1. The highest BCUT2D eigenvalue weighted by atomic mass is 35.5. The molecule has 2 fully saturated rings. The smallest absolute Gasteiger partial charge is 0.225 e. The Bertz CT molecular complexity index is 661. The molecule has 3 rings (SSSR count). The number of nitrogens with one attached hydrogen (secondary N) is 1. The molecule has 0 aromatic heterocycles. The molecule has 30 heavy (non-hydrogen) atoms. The number of benzene rings is 1. The Hall–Kier alpha value is -1.10. The zero-order chi connectivity index (χ0) is 21.6. The Morgan fingerprint density at radius 1 is 1.03 bits per heavy atom. The van der Waals surface area contributed by atoms with Gasteiger partial charge in [-0.25, -0.2) is 0 Å². The van der Waals surface area contributed by atoms with Crippen LogP contribution in [0.3, 0.4) is 0 Å². The van der Waals surface area contributed by atoms with Crippen LogP contribution in [0.2, 0.25) is 5.02 Å². The molecule has 1 atom stereocenters. The molecule has 1 amide bonds. The lowest BCUT2D eigenvalue weighted by molar-refractivity contribution is -0.138. The van der Waals surface area contributed by atoms with Crippen molar-refractivity contribution >= 4 is 17.5 Å². The third-order valence-electron chi connectivity index (χ3n) is 6.93. The van der Waals surface area contributed by atoms with Crippen LogP contribution in [-0.2, 0) is 11.2 Å². The fraction of sp³-hybridized carbons (Fsp3) is 0.720. The van der Waals surface area contributed by atoms with Crippen LogP contribution in [0.4, 0.5) is 0 Å². The molecule has 4 nitrogen and oxygen atoms in total. The van der Waals surface area contributed by atoms with Crippen molar-refractivity contribution < 1.29 is 4.79 Å². The Kier molecular flexibility index (Phi) is 8.62. The van der Waals surface area contributed by atoms with E-state index in [0.29, 0.717) is 11.8 Å². The zero-order valence-corrected chi connectivity index (χ0v) is 19.9. The van der Waals surface area contributed by atoms with E-state index in [0.717, 1.165) is 50.7 Å². The first-order chi connectivity index (χ1) is 14.4. The fourth-order valence-corrected chi connectivity index (χ4v) is 5.31. The molecule has 1 saturated heterocycles. The van der Waals surface area contributed by atoms with Crippen molar-refractivity contribution in [2.75, 3.05) is 39.3 Å². The van der Waals surface area contributed by atoms with E-state index in [9.17, 15) is 4.79 Å². The highest BCUT2D eigenvalue weighted by molar-refractivity contribution is 6.30. The Labute approximate surface area is 188 Å². The highest BCUT2D eigenvalue weighted by Crippen LogP contribution is 2.34. The summed E-state index contributed by atoms with van der Waals surface area (Å²) in [5, 5.41) is 4.49. The first-order valence-electron chi connectivity index (χ1n) is 11.9. The maximum atomic E-state index is 13.0. The summed E-state index contributed by atoms with van der Waals surface area (Å²) in [7, 11) is 0. The minimum Gasteiger partial charge on any atom is -0.340 e. The van der Waals surface area contributed by atoms with E-state index in [2.05, 4.69) is 35.9 Å². The number of piperazine rings is 1. The van der Waals surface area contributed by atoms with Gasteiger partial charge >= 0.3 is 0 Å². The molecule has 5 heteroatoms. The summed E-state index contributed by atoms with van der Waals surface area (Å²) in [5.41, 5.74) is 1.47. The van der Waals surface area contributed by atoms with Crippen LogP contribution in [-0.4, -0.2) is 60.5 Å². The minimum absolute atomic E-state index is 0.00840. The summed E-state index contributed by atoms with van der Waals surface area (Å²) in [5.74, 6) is 0.983. The summed E-state index contributed by atoms with van der Waals surface area (Å²) in [6.45, 7) is 12.5. The number of halogens is 1. The summed E-state index contributed by atoms with van der Waals surface area (Å²) in [4.78, 5) is 17.8. The molecule has 1 aliphatic carbocycles. The zero-order valence-electron chi connectivity index (χ0n) is 19.1. The van der Waals surface area contributed by atoms with E-state index in [1.165, 1.54) is 37.7 Å². The molecule has 2 aliphatic rings. The van der Waals surface area contributed by atoms with Gasteiger partial charge in [0.2, 0.25) is 5.91 Å². The van der Waals surface area contributed by atoms with E-state index in [1.807, 2.05) is 24.3 Å². The number of carbonyl (C=O) groups is 1. The van der Waals surface area contributed by atoms with Crippen molar-refractivity contribution in [3.8, 4) is 0 Å². The molecule has 0 radical (unpaired) electrons. The predicted octanol–water partition coefficient (Wildman–Crippen LogP) is 4.61. The van der Waals surface area contributed by atoms with E-state index in [1.54, 1.807) is 0 Å². The van der Waals surface area contributed by atoms with Gasteiger partial charge < -0.3 is 10.2 Å². The van der Waals surface area contributed by atoms with Gasteiger partial charge in [0.05, 0.1) is 0 Å². The number of nitrogens with zero attached hydrogens (tertiary/aromatic N) is 2. The van der Waals surface area contributed by atoms with Crippen LogP contribution >= 0.6 is 11.6 Å². The summed E-state index contributed by atoms with van der Waals surface area (Å²) in [6.07, 6.45) is 7.39. The molecular weight excluding hydrogens is 394 g/mol. The second-order valence-corrected chi connectivity index (χ2v) is 10.3. The van der Waals surface area contributed by atoms with Gasteiger partial charge in [-0.15, -0.1) is 0 Å². The van der Waals surface area contributed by atoms with Gasteiger partial charge in [0.15, 0.2) is 0 Å². The highest BCUT2D eigenvalue weighted by Gasteiger charge is 2.39. The minimum atomic E-state index is 0.00840. The second kappa shape index (κ2) is 11.0. The molecule has 1 heterocycles. The number of hydrogen-bond donors (Lipinski definition) is 1. The molecule has 1 N–H and O–H groups in total. The Morgan fingerprint density at radius 2 is 1.67 bits per heavy atom. The lowest BCUT2D eigenvalue weighted by Crippen LogP contribution is -2.62. The molecule has 1 unspecified atom stereocenters. The first-order valence-corrected chi connectivity index (χ1v) is 12.3. The van der Waals surface area contributed by atoms with Gasteiger partial charge in [-0.3, -0.25) is 9.69 Å². The third-order valence-corrected chi connectivity index (χ3v) is 7.18. The van der Waals surface area contributed by atoms with Crippen molar-refractivity contribution in [2.24, 2.45) is 11.8 Å². The lowest BCUT2D eigenvalue weighted by Gasteiger charge is -2.50. The van der Waals surface area contributed by atoms with E-state index < -0.39 is 0 Å². The average Bonchev–Trinajstić information content (AvgIpc) is 2.75. The molecule has 1 aromatic rings. The van der Waals surface area contributed by atoms with Crippen LogP contribution in [0, 0.1) is 11.8 Å². The first kappa shape index (κ1) is 23.6. The maximum absolute atomic E-state index is 13.0. The Balaban J connectivity index is 1.53. The molecule has 1 aliphatic heterocycles. The molecule has 1 saturated carbocycles. The predicted molar refractivity (Wildman–Crippen MR) is 126 cm³/mol. The van der Waals surface area contributed by atoms with E-state index in [-0.39, 0.29) is 11.5 Å². The van der Waals surface area contributed by atoms with Gasteiger partial charge in [0, 0.05) is 49.2 Å². The monoisotopic (exact) mass is 433 g/mol. The standard InChI is InChI=1S/C25H40ClN3O/c1-20(2)18-27-19-25(11-5-4-6-12-25)29-15-13-28(14-16-29)24(30)21(3)17-22-7-9-23(26)10-8-22/h7-10,20-21,27H,4-6,11-19H2,1-3H3. The van der Waals surface area contributed by atoms with Crippen LogP contribution in [0.5, 0.6) is 0 Å². The van der Waals surface area contributed by atoms with Crippen LogP contribution in [0.25, 0.3) is 0 Å². The number of rotatable bonds is 8.